The Hall–Kier alpha value is -1.51. The van der Waals surface area contributed by atoms with E-state index in [1.807, 2.05) is 13.8 Å². The molecular weight excluding hydrogens is 897 g/mol. The van der Waals surface area contributed by atoms with Crippen molar-refractivity contribution >= 4 is 5.97 Å². The fraction of sp³-hybridized carbons (Fsp3) is 0.938. The van der Waals surface area contributed by atoms with Gasteiger partial charge in [0.15, 0.2) is 25.0 Å². The van der Waals surface area contributed by atoms with Crippen LogP contribution in [0.15, 0.2) is 11.6 Å². The third-order valence-corrected chi connectivity index (χ3v) is 19.7. The summed E-state index contributed by atoms with van der Waals surface area (Å²) in [5.41, 5.74) is -2.71. The van der Waals surface area contributed by atoms with Crippen molar-refractivity contribution in [2.75, 3.05) is 13.2 Å². The van der Waals surface area contributed by atoms with E-state index in [4.69, 9.17) is 28.4 Å². The first-order valence-electron chi connectivity index (χ1n) is 24.5. The molecule has 0 aromatic rings. The van der Waals surface area contributed by atoms with Crippen LogP contribution in [0, 0.1) is 50.2 Å². The number of carboxylic acids is 1. The molecular formula is C48H78O20. The second-order valence-corrected chi connectivity index (χ2v) is 23.7. The minimum atomic E-state index is -2.02. The molecule has 5 aliphatic carbocycles. The van der Waals surface area contributed by atoms with Gasteiger partial charge in [-0.2, -0.15) is 0 Å². The van der Waals surface area contributed by atoms with Gasteiger partial charge < -0.3 is 94.8 Å². The molecule has 7 fully saturated rings. The number of aliphatic hydroxyl groups excluding tert-OH is 12. The summed E-state index contributed by atoms with van der Waals surface area (Å²) in [5.74, 6) is -1.88. The van der Waals surface area contributed by atoms with E-state index < -0.39 is 157 Å². The molecule has 68 heavy (non-hydrogen) atoms. The predicted molar refractivity (Wildman–Crippen MR) is 233 cm³/mol. The van der Waals surface area contributed by atoms with Crippen LogP contribution in [0.5, 0.6) is 0 Å². The minimum absolute atomic E-state index is 0.000562. The molecule has 3 heterocycles. The van der Waals surface area contributed by atoms with E-state index in [0.29, 0.717) is 32.1 Å². The van der Waals surface area contributed by atoms with E-state index >= 15 is 0 Å². The average Bonchev–Trinajstić information content (AvgIpc) is 3.27. The zero-order chi connectivity index (χ0) is 50.2. The Morgan fingerprint density at radius 2 is 1.29 bits per heavy atom. The van der Waals surface area contributed by atoms with Crippen molar-refractivity contribution in [2.24, 2.45) is 50.2 Å². The zero-order valence-electron chi connectivity index (χ0n) is 40.3. The molecule has 0 radical (unpaired) electrons. The lowest BCUT2D eigenvalue weighted by Crippen LogP contribution is -2.71. The Balaban J connectivity index is 1.09. The monoisotopic (exact) mass is 975 g/mol. The topological polar surface area (TPSA) is 335 Å². The summed E-state index contributed by atoms with van der Waals surface area (Å²) in [6.45, 7) is 14.9. The van der Waals surface area contributed by atoms with Gasteiger partial charge >= 0.3 is 5.97 Å². The number of fused-ring (bicyclic) bond motifs is 7. The van der Waals surface area contributed by atoms with Crippen LogP contribution in [0.4, 0.5) is 0 Å². The van der Waals surface area contributed by atoms with Gasteiger partial charge in [-0.3, -0.25) is 0 Å². The van der Waals surface area contributed by atoms with E-state index in [0.717, 1.165) is 18.4 Å². The van der Waals surface area contributed by atoms with Gasteiger partial charge in [0, 0.05) is 0 Å². The third kappa shape index (κ3) is 7.72. The highest BCUT2D eigenvalue weighted by atomic mass is 16.8. The Kier molecular flexibility index (Phi) is 14.1. The molecule has 26 unspecified atom stereocenters. The maximum Gasteiger partial charge on any atom is 0.335 e. The van der Waals surface area contributed by atoms with Crippen LogP contribution in [0.25, 0.3) is 0 Å². The molecule has 0 aromatic carbocycles. The van der Waals surface area contributed by atoms with Gasteiger partial charge in [-0.15, -0.1) is 0 Å². The number of carbonyl (C=O) groups is 1. The third-order valence-electron chi connectivity index (χ3n) is 19.7. The van der Waals surface area contributed by atoms with Crippen LogP contribution in [0.2, 0.25) is 0 Å². The van der Waals surface area contributed by atoms with Gasteiger partial charge in [0.25, 0.3) is 0 Å². The first-order valence-corrected chi connectivity index (χ1v) is 24.5. The SMILES string of the molecule is CC1OC(OC2C(C(=O)O)OC(OC3CCC4(C)C(CCC5(C)C4CC=C4C6CC(C)(C)C(O)C(O)C6(CO)C(O)CC45C)C3(C)C)C(OC3OC(CO)C(O)C(O)C3O)C2O)C(O)C(O)C1O. The van der Waals surface area contributed by atoms with Crippen LogP contribution in [-0.2, 0) is 33.2 Å². The number of ether oxygens (including phenoxy) is 6. The number of aliphatic hydroxyl groups is 12. The number of hydrogen-bond acceptors (Lipinski definition) is 19. The molecule has 0 spiro atoms. The Bertz CT molecular complexity index is 1880. The molecule has 20 heteroatoms. The van der Waals surface area contributed by atoms with Gasteiger partial charge in [0.2, 0.25) is 0 Å². The van der Waals surface area contributed by atoms with Gasteiger partial charge in [0.1, 0.15) is 61.0 Å². The molecule has 0 amide bonds. The van der Waals surface area contributed by atoms with Crippen LogP contribution in [0.3, 0.4) is 0 Å². The molecule has 390 valence electrons. The highest BCUT2D eigenvalue weighted by Crippen LogP contribution is 2.76. The highest BCUT2D eigenvalue weighted by Gasteiger charge is 2.72. The summed E-state index contributed by atoms with van der Waals surface area (Å²) in [6, 6.07) is 0. The lowest BCUT2D eigenvalue weighted by Gasteiger charge is -2.72. The Morgan fingerprint density at radius 3 is 1.91 bits per heavy atom. The highest BCUT2D eigenvalue weighted by molar-refractivity contribution is 5.73. The Labute approximate surface area is 396 Å². The van der Waals surface area contributed by atoms with Crippen molar-refractivity contribution in [3.63, 3.8) is 0 Å². The summed E-state index contributed by atoms with van der Waals surface area (Å²) in [6.07, 6.45) is -24.2. The van der Waals surface area contributed by atoms with Gasteiger partial charge in [-0.25, -0.2) is 4.79 Å². The molecule has 8 aliphatic rings. The van der Waals surface area contributed by atoms with Crippen molar-refractivity contribution < 1.29 is 99.6 Å². The average molecular weight is 975 g/mol. The van der Waals surface area contributed by atoms with E-state index in [2.05, 4.69) is 40.7 Å². The predicted octanol–water partition coefficient (Wildman–Crippen LogP) is -1.35. The normalized spacial score (nSPS) is 55.4. The number of aliphatic carboxylic acids is 1. The minimum Gasteiger partial charge on any atom is -0.479 e. The number of rotatable bonds is 9. The largest absolute Gasteiger partial charge is 0.479 e. The van der Waals surface area contributed by atoms with Gasteiger partial charge in [-0.1, -0.05) is 60.1 Å². The lowest BCUT2D eigenvalue weighted by molar-refractivity contribution is -0.390. The summed E-state index contributed by atoms with van der Waals surface area (Å²) in [7, 11) is 0. The van der Waals surface area contributed by atoms with Gasteiger partial charge in [-0.05, 0) is 96.7 Å². The molecule has 26 atom stereocenters. The summed E-state index contributed by atoms with van der Waals surface area (Å²) < 4.78 is 36.1. The maximum atomic E-state index is 13.0. The lowest BCUT2D eigenvalue weighted by atomic mass is 9.33. The van der Waals surface area contributed by atoms with Crippen LogP contribution in [0.1, 0.15) is 100 Å². The molecule has 0 aromatic heterocycles. The molecule has 4 saturated carbocycles. The second-order valence-electron chi connectivity index (χ2n) is 23.7. The number of carboxylic acid groups (broad SMARTS) is 1. The van der Waals surface area contributed by atoms with Crippen molar-refractivity contribution in [1.82, 2.24) is 0 Å². The summed E-state index contributed by atoms with van der Waals surface area (Å²) >= 11 is 0. The summed E-state index contributed by atoms with van der Waals surface area (Å²) in [5, 5.41) is 142. The molecule has 20 nitrogen and oxygen atoms in total. The second kappa shape index (κ2) is 18.2. The van der Waals surface area contributed by atoms with Crippen LogP contribution < -0.4 is 0 Å². The first-order chi connectivity index (χ1) is 31.6. The van der Waals surface area contributed by atoms with E-state index in [-0.39, 0.29) is 28.6 Å². The standard InChI is InChI=1S/C48H78O20/c1-19-27(52)29(54)31(56)40(63-19)66-34-33(58)35(67-41-32(57)30(55)28(53)22(17-49)64-41)42(68-36(34)39(61)62)65-26-12-13-45(6)23(44(26,4)5)11-14-46(7)24(45)10-9-20-21-15-43(2,3)37(59)38(60)48(21,18-50)25(51)16-47(20,46)8/h9,19,21-38,40-42,49-60H,10-18H2,1-8H3,(H,61,62). The Morgan fingerprint density at radius 1 is 0.676 bits per heavy atom. The number of hydrogen-bond donors (Lipinski definition) is 13. The van der Waals surface area contributed by atoms with Crippen molar-refractivity contribution in [2.45, 2.75) is 217 Å². The molecule has 3 aliphatic heterocycles. The zero-order valence-corrected chi connectivity index (χ0v) is 40.3. The van der Waals surface area contributed by atoms with E-state index in [1.165, 1.54) is 6.92 Å². The maximum absolute atomic E-state index is 13.0. The first kappa shape index (κ1) is 52.8. The van der Waals surface area contributed by atoms with Crippen LogP contribution in [-0.4, -0.2) is 202 Å². The van der Waals surface area contributed by atoms with Crippen molar-refractivity contribution in [3.05, 3.63) is 11.6 Å². The molecule has 13 N–H and O–H groups in total. The summed E-state index contributed by atoms with van der Waals surface area (Å²) in [4.78, 5) is 13.0. The molecule has 8 rings (SSSR count). The molecule has 3 saturated heterocycles. The fourth-order valence-corrected chi connectivity index (χ4v) is 15.3. The van der Waals surface area contributed by atoms with Crippen LogP contribution >= 0.6 is 0 Å². The van der Waals surface area contributed by atoms with Crippen molar-refractivity contribution in [1.29, 1.82) is 0 Å². The fourth-order valence-electron chi connectivity index (χ4n) is 15.3. The van der Waals surface area contributed by atoms with E-state index in [1.54, 1.807) is 0 Å². The number of allylic oxidation sites excluding steroid dienone is 2. The van der Waals surface area contributed by atoms with Crippen molar-refractivity contribution in [3.8, 4) is 0 Å². The molecule has 0 bridgehead atoms. The van der Waals surface area contributed by atoms with E-state index in [9.17, 15) is 71.2 Å². The van der Waals surface area contributed by atoms with Gasteiger partial charge in [0.05, 0.1) is 49.1 Å². The quantitative estimate of drug-likeness (QED) is 0.0938. The smallest absolute Gasteiger partial charge is 0.335 e.